The predicted octanol–water partition coefficient (Wildman–Crippen LogP) is 6.05. The van der Waals surface area contributed by atoms with E-state index in [1.807, 2.05) is 67.6 Å². The maximum atomic E-state index is 13.0. The SMILES string of the molecule is C[C@@H](NC(=O)N[C@H]1CC[C@H](CCN2CCC(c3ccccc3)C2)CC1)C(O)(c1ccccc1)c1ccccc1. The molecule has 2 amide bonds. The van der Waals surface area contributed by atoms with Crippen LogP contribution in [0, 0.1) is 5.92 Å². The van der Waals surface area contributed by atoms with Gasteiger partial charge in [-0.1, -0.05) is 91.0 Å². The molecule has 1 heterocycles. The molecule has 0 aromatic heterocycles. The van der Waals surface area contributed by atoms with Gasteiger partial charge in [-0.05, 0) is 87.1 Å². The molecule has 0 bridgehead atoms. The van der Waals surface area contributed by atoms with Crippen LogP contribution in [0.3, 0.4) is 0 Å². The third kappa shape index (κ3) is 6.71. The molecule has 1 saturated heterocycles. The van der Waals surface area contributed by atoms with Crippen LogP contribution in [0.15, 0.2) is 91.0 Å². The first-order valence-electron chi connectivity index (χ1n) is 14.7. The molecule has 39 heavy (non-hydrogen) atoms. The number of nitrogens with one attached hydrogen (secondary N) is 2. The number of amides is 2. The summed E-state index contributed by atoms with van der Waals surface area (Å²) in [6.45, 7) is 5.43. The van der Waals surface area contributed by atoms with Crippen molar-refractivity contribution in [1.82, 2.24) is 15.5 Å². The van der Waals surface area contributed by atoms with Gasteiger partial charge in [0.1, 0.15) is 5.60 Å². The molecule has 5 rings (SSSR count). The van der Waals surface area contributed by atoms with E-state index in [0.717, 1.165) is 42.7 Å². The van der Waals surface area contributed by atoms with Crippen LogP contribution >= 0.6 is 0 Å². The first-order valence-corrected chi connectivity index (χ1v) is 14.7. The van der Waals surface area contributed by atoms with Gasteiger partial charge in [-0.2, -0.15) is 0 Å². The van der Waals surface area contributed by atoms with E-state index < -0.39 is 11.6 Å². The standard InChI is InChI=1S/C34H43N3O2/c1-26(34(39,30-13-7-3-8-14-30)31-15-9-4-10-16-31)35-33(38)36-32-19-17-27(18-20-32)21-23-37-24-22-29(25-37)28-11-5-2-6-12-28/h2-16,26-27,29,32,39H,17-25H2,1H3,(H2,35,36,38)/t26-,27-,29?,32-/m1/s1. The van der Waals surface area contributed by atoms with Gasteiger partial charge >= 0.3 is 6.03 Å². The average molecular weight is 526 g/mol. The van der Waals surface area contributed by atoms with Crippen LogP contribution in [-0.4, -0.2) is 47.8 Å². The van der Waals surface area contributed by atoms with E-state index in [9.17, 15) is 9.90 Å². The largest absolute Gasteiger partial charge is 0.378 e. The van der Waals surface area contributed by atoms with Crippen molar-refractivity contribution < 1.29 is 9.90 Å². The lowest BCUT2D eigenvalue weighted by Gasteiger charge is -2.36. The second-order valence-electron chi connectivity index (χ2n) is 11.5. The van der Waals surface area contributed by atoms with Crippen LogP contribution in [0.2, 0.25) is 0 Å². The van der Waals surface area contributed by atoms with Crippen LogP contribution in [0.25, 0.3) is 0 Å². The number of hydrogen-bond acceptors (Lipinski definition) is 3. The molecule has 1 unspecified atom stereocenters. The maximum Gasteiger partial charge on any atom is 0.315 e. The molecule has 2 atom stereocenters. The summed E-state index contributed by atoms with van der Waals surface area (Å²) in [6, 6.07) is 29.6. The molecule has 1 aliphatic heterocycles. The second kappa shape index (κ2) is 12.8. The molecule has 3 aromatic carbocycles. The molecule has 0 radical (unpaired) electrons. The summed E-state index contributed by atoms with van der Waals surface area (Å²) in [6.07, 6.45) is 6.86. The fourth-order valence-electron chi connectivity index (χ4n) is 6.57. The van der Waals surface area contributed by atoms with Gasteiger partial charge in [-0.25, -0.2) is 4.79 Å². The maximum absolute atomic E-state index is 13.0. The van der Waals surface area contributed by atoms with Crippen molar-refractivity contribution in [3.8, 4) is 0 Å². The van der Waals surface area contributed by atoms with Gasteiger partial charge in [0.15, 0.2) is 0 Å². The molecular weight excluding hydrogens is 482 g/mol. The Labute approximate surface area is 233 Å². The molecule has 1 saturated carbocycles. The Morgan fingerprint density at radius 2 is 1.44 bits per heavy atom. The highest BCUT2D eigenvalue weighted by molar-refractivity contribution is 5.75. The summed E-state index contributed by atoms with van der Waals surface area (Å²) in [4.78, 5) is 15.7. The summed E-state index contributed by atoms with van der Waals surface area (Å²) in [5, 5.41) is 18.1. The number of aliphatic hydroxyl groups is 1. The van der Waals surface area contributed by atoms with Crippen molar-refractivity contribution >= 4 is 6.03 Å². The number of likely N-dealkylation sites (tertiary alicyclic amines) is 1. The zero-order valence-electron chi connectivity index (χ0n) is 23.1. The lowest BCUT2D eigenvalue weighted by molar-refractivity contribution is 0.0470. The minimum absolute atomic E-state index is 0.184. The average Bonchev–Trinajstić information content (AvgIpc) is 3.47. The van der Waals surface area contributed by atoms with Crippen molar-refractivity contribution in [3.05, 3.63) is 108 Å². The molecule has 1 aliphatic carbocycles. The predicted molar refractivity (Wildman–Crippen MR) is 158 cm³/mol. The molecule has 5 heteroatoms. The molecule has 206 valence electrons. The number of nitrogens with zero attached hydrogens (tertiary/aromatic N) is 1. The molecule has 3 N–H and O–H groups in total. The zero-order chi connectivity index (χ0) is 27.1. The molecule has 2 aliphatic rings. The lowest BCUT2D eigenvalue weighted by Crippen LogP contribution is -2.54. The normalized spacial score (nSPS) is 22.8. The van der Waals surface area contributed by atoms with Gasteiger partial charge in [0.05, 0.1) is 6.04 Å². The van der Waals surface area contributed by atoms with Gasteiger partial charge < -0.3 is 20.6 Å². The topological polar surface area (TPSA) is 64.6 Å². The van der Waals surface area contributed by atoms with Gasteiger partial charge in [0.25, 0.3) is 0 Å². The summed E-state index contributed by atoms with van der Waals surface area (Å²) in [7, 11) is 0. The Morgan fingerprint density at radius 1 is 0.872 bits per heavy atom. The van der Waals surface area contributed by atoms with Gasteiger partial charge in [-0.15, -0.1) is 0 Å². The Bertz CT molecular complexity index is 1120. The van der Waals surface area contributed by atoms with E-state index in [-0.39, 0.29) is 12.1 Å². The van der Waals surface area contributed by atoms with Crippen LogP contribution < -0.4 is 10.6 Å². The van der Waals surface area contributed by atoms with E-state index in [4.69, 9.17) is 0 Å². The Kier molecular flexibility index (Phi) is 9.00. The van der Waals surface area contributed by atoms with Crippen molar-refractivity contribution in [2.75, 3.05) is 19.6 Å². The monoisotopic (exact) mass is 525 g/mol. The minimum atomic E-state index is -1.33. The number of rotatable bonds is 9. The first kappa shape index (κ1) is 27.4. The van der Waals surface area contributed by atoms with Crippen LogP contribution in [0.5, 0.6) is 0 Å². The second-order valence-corrected chi connectivity index (χ2v) is 11.5. The number of urea groups is 1. The first-order chi connectivity index (χ1) is 19.0. The van der Waals surface area contributed by atoms with Gasteiger partial charge in [-0.3, -0.25) is 0 Å². The van der Waals surface area contributed by atoms with E-state index >= 15 is 0 Å². The van der Waals surface area contributed by atoms with Crippen molar-refractivity contribution in [1.29, 1.82) is 0 Å². The van der Waals surface area contributed by atoms with Gasteiger partial charge in [0, 0.05) is 12.6 Å². The summed E-state index contributed by atoms with van der Waals surface area (Å²) >= 11 is 0. The highest BCUT2D eigenvalue weighted by Crippen LogP contribution is 2.33. The highest BCUT2D eigenvalue weighted by Gasteiger charge is 2.38. The number of carbonyl (C=O) groups is 1. The number of hydrogen-bond donors (Lipinski definition) is 3. The fourth-order valence-corrected chi connectivity index (χ4v) is 6.57. The lowest BCUT2D eigenvalue weighted by atomic mass is 9.81. The van der Waals surface area contributed by atoms with E-state index in [0.29, 0.717) is 5.92 Å². The minimum Gasteiger partial charge on any atom is -0.378 e. The molecule has 2 fully saturated rings. The Balaban J connectivity index is 1.08. The Morgan fingerprint density at radius 3 is 2.03 bits per heavy atom. The molecule has 5 nitrogen and oxygen atoms in total. The van der Waals surface area contributed by atoms with Crippen molar-refractivity contribution in [2.24, 2.45) is 5.92 Å². The quantitative estimate of drug-likeness (QED) is 0.319. The van der Waals surface area contributed by atoms with E-state index in [1.54, 1.807) is 0 Å². The Hall–Kier alpha value is -3.15. The van der Waals surface area contributed by atoms with Crippen LogP contribution in [0.4, 0.5) is 4.79 Å². The van der Waals surface area contributed by atoms with Crippen LogP contribution in [0.1, 0.15) is 68.1 Å². The third-order valence-electron chi connectivity index (χ3n) is 8.98. The molecule has 3 aromatic rings. The highest BCUT2D eigenvalue weighted by atomic mass is 16.3. The molecular formula is C34H43N3O2. The third-order valence-corrected chi connectivity index (χ3v) is 8.98. The number of benzene rings is 3. The number of carbonyl (C=O) groups excluding carboxylic acids is 1. The van der Waals surface area contributed by atoms with Gasteiger partial charge in [0.2, 0.25) is 0 Å². The summed E-state index contributed by atoms with van der Waals surface area (Å²) in [5.41, 5.74) is 1.67. The zero-order valence-corrected chi connectivity index (χ0v) is 23.1. The van der Waals surface area contributed by atoms with E-state index in [1.165, 1.54) is 38.0 Å². The van der Waals surface area contributed by atoms with Crippen molar-refractivity contribution in [3.63, 3.8) is 0 Å². The molecule has 0 spiro atoms. The van der Waals surface area contributed by atoms with Crippen LogP contribution in [-0.2, 0) is 5.60 Å². The summed E-state index contributed by atoms with van der Waals surface area (Å²) in [5.74, 6) is 1.41. The summed E-state index contributed by atoms with van der Waals surface area (Å²) < 4.78 is 0. The fraction of sp³-hybridized carbons (Fsp3) is 0.441. The smallest absolute Gasteiger partial charge is 0.315 e. The van der Waals surface area contributed by atoms with E-state index in [2.05, 4.69) is 45.9 Å². The van der Waals surface area contributed by atoms with Crippen molar-refractivity contribution in [2.45, 2.75) is 69.1 Å².